The van der Waals surface area contributed by atoms with E-state index >= 15 is 0 Å². The zero-order chi connectivity index (χ0) is 12.1. The van der Waals surface area contributed by atoms with Crippen LogP contribution in [0.1, 0.15) is 48.9 Å². The molecule has 1 N–H and O–H groups in total. The Kier molecular flexibility index (Phi) is 4.38. The molecule has 1 heteroatoms. The van der Waals surface area contributed by atoms with Crippen LogP contribution >= 0.6 is 0 Å². The lowest BCUT2D eigenvalue weighted by molar-refractivity contribution is 0.537. The molecule has 17 heavy (non-hydrogen) atoms. The van der Waals surface area contributed by atoms with Crippen LogP contribution in [0.4, 0.5) is 0 Å². The summed E-state index contributed by atoms with van der Waals surface area (Å²) in [5.41, 5.74) is 4.55. The van der Waals surface area contributed by atoms with Crippen LogP contribution in [0.2, 0.25) is 0 Å². The summed E-state index contributed by atoms with van der Waals surface area (Å²) in [4.78, 5) is 0. The molecule has 1 aliphatic rings. The number of hydrogen-bond acceptors (Lipinski definition) is 1. The van der Waals surface area contributed by atoms with Gasteiger partial charge in [-0.15, -0.1) is 6.58 Å². The predicted molar refractivity (Wildman–Crippen MR) is 74.3 cm³/mol. The van der Waals surface area contributed by atoms with Gasteiger partial charge in [0.05, 0.1) is 0 Å². The van der Waals surface area contributed by atoms with E-state index in [0.29, 0.717) is 6.04 Å². The van der Waals surface area contributed by atoms with Crippen LogP contribution in [-0.2, 0) is 12.8 Å². The minimum atomic E-state index is 0.443. The first-order valence-electron chi connectivity index (χ1n) is 6.81. The van der Waals surface area contributed by atoms with Crippen LogP contribution < -0.4 is 5.32 Å². The zero-order valence-electron chi connectivity index (χ0n) is 10.8. The second-order valence-electron chi connectivity index (χ2n) is 4.91. The van der Waals surface area contributed by atoms with Crippen molar-refractivity contribution in [2.75, 3.05) is 6.54 Å². The van der Waals surface area contributed by atoms with Gasteiger partial charge < -0.3 is 5.32 Å². The van der Waals surface area contributed by atoms with Crippen molar-refractivity contribution >= 4 is 0 Å². The van der Waals surface area contributed by atoms with Gasteiger partial charge in [-0.05, 0) is 55.3 Å². The van der Waals surface area contributed by atoms with Gasteiger partial charge in [0.25, 0.3) is 0 Å². The molecule has 92 valence electrons. The van der Waals surface area contributed by atoms with E-state index in [-0.39, 0.29) is 0 Å². The van der Waals surface area contributed by atoms with Crippen LogP contribution in [0.25, 0.3) is 0 Å². The van der Waals surface area contributed by atoms with Crippen molar-refractivity contribution in [2.45, 2.75) is 45.1 Å². The van der Waals surface area contributed by atoms with Gasteiger partial charge in [-0.2, -0.15) is 0 Å². The molecule has 1 atom stereocenters. The van der Waals surface area contributed by atoms with Crippen LogP contribution in [0.15, 0.2) is 30.9 Å². The van der Waals surface area contributed by atoms with E-state index in [4.69, 9.17) is 0 Å². The van der Waals surface area contributed by atoms with Crippen molar-refractivity contribution in [2.24, 2.45) is 0 Å². The lowest BCUT2D eigenvalue weighted by Gasteiger charge is -2.18. The van der Waals surface area contributed by atoms with Gasteiger partial charge in [-0.1, -0.05) is 31.2 Å². The standard InChI is InChI=1S/C16H23N/c1-3-6-16(17-11-4-2)15-10-9-13-7-5-8-14(13)12-15/h3,9-10,12,16-17H,1,4-8,11H2,2H3. The van der Waals surface area contributed by atoms with Gasteiger partial charge in [-0.25, -0.2) is 0 Å². The zero-order valence-corrected chi connectivity index (χ0v) is 10.8. The molecule has 1 aromatic rings. The van der Waals surface area contributed by atoms with Gasteiger partial charge >= 0.3 is 0 Å². The van der Waals surface area contributed by atoms with Gasteiger partial charge in [-0.3, -0.25) is 0 Å². The minimum Gasteiger partial charge on any atom is -0.310 e. The topological polar surface area (TPSA) is 12.0 Å². The van der Waals surface area contributed by atoms with E-state index in [1.807, 2.05) is 6.08 Å². The van der Waals surface area contributed by atoms with E-state index in [1.54, 1.807) is 11.1 Å². The maximum absolute atomic E-state index is 3.87. The Morgan fingerprint density at radius 3 is 2.94 bits per heavy atom. The van der Waals surface area contributed by atoms with Gasteiger partial charge in [0.15, 0.2) is 0 Å². The third-order valence-electron chi connectivity index (χ3n) is 3.57. The Hall–Kier alpha value is -1.08. The molecule has 0 aromatic heterocycles. The molecule has 2 rings (SSSR count). The summed E-state index contributed by atoms with van der Waals surface area (Å²) in [6.45, 7) is 7.15. The number of rotatable bonds is 6. The van der Waals surface area contributed by atoms with Crippen LogP contribution in [0.3, 0.4) is 0 Å². The predicted octanol–water partition coefficient (Wildman–Crippen LogP) is 3.79. The third kappa shape index (κ3) is 2.98. The molecule has 1 aromatic carbocycles. The maximum Gasteiger partial charge on any atom is 0.0354 e. The molecule has 0 spiro atoms. The highest BCUT2D eigenvalue weighted by Crippen LogP contribution is 2.26. The smallest absolute Gasteiger partial charge is 0.0354 e. The molecule has 0 radical (unpaired) electrons. The van der Waals surface area contributed by atoms with Crippen molar-refractivity contribution in [3.05, 3.63) is 47.5 Å². The Labute approximate surface area is 105 Å². The molecule has 0 bridgehead atoms. The highest BCUT2D eigenvalue weighted by molar-refractivity contribution is 5.36. The number of nitrogens with one attached hydrogen (secondary N) is 1. The first-order valence-corrected chi connectivity index (χ1v) is 6.81. The molecular formula is C16H23N. The fourth-order valence-electron chi connectivity index (χ4n) is 2.63. The molecule has 0 saturated carbocycles. The van der Waals surface area contributed by atoms with Crippen molar-refractivity contribution in [1.29, 1.82) is 0 Å². The lowest BCUT2D eigenvalue weighted by Crippen LogP contribution is -2.21. The molecule has 0 fully saturated rings. The number of benzene rings is 1. The van der Waals surface area contributed by atoms with Crippen LogP contribution in [-0.4, -0.2) is 6.54 Å². The summed E-state index contributed by atoms with van der Waals surface area (Å²) in [5, 5.41) is 3.61. The third-order valence-corrected chi connectivity index (χ3v) is 3.57. The molecule has 1 unspecified atom stereocenters. The molecule has 0 aliphatic heterocycles. The Bertz CT molecular complexity index is 381. The average Bonchev–Trinajstić information content (AvgIpc) is 2.81. The summed E-state index contributed by atoms with van der Waals surface area (Å²) in [7, 11) is 0. The summed E-state index contributed by atoms with van der Waals surface area (Å²) in [6, 6.07) is 7.46. The number of fused-ring (bicyclic) bond motifs is 1. The van der Waals surface area contributed by atoms with Crippen molar-refractivity contribution in [3.63, 3.8) is 0 Å². The lowest BCUT2D eigenvalue weighted by atomic mass is 9.99. The largest absolute Gasteiger partial charge is 0.310 e. The van der Waals surface area contributed by atoms with E-state index in [0.717, 1.165) is 13.0 Å². The monoisotopic (exact) mass is 229 g/mol. The second kappa shape index (κ2) is 6.02. The van der Waals surface area contributed by atoms with Crippen molar-refractivity contribution < 1.29 is 0 Å². The molecule has 1 aliphatic carbocycles. The first-order chi connectivity index (χ1) is 8.35. The number of aryl methyl sites for hydroxylation is 2. The molecular weight excluding hydrogens is 206 g/mol. The summed E-state index contributed by atoms with van der Waals surface area (Å²) >= 11 is 0. The molecule has 0 amide bonds. The fraction of sp³-hybridized carbons (Fsp3) is 0.500. The summed E-state index contributed by atoms with van der Waals surface area (Å²) in [6.07, 6.45) is 8.06. The van der Waals surface area contributed by atoms with Crippen LogP contribution in [0, 0.1) is 0 Å². The molecule has 1 nitrogen and oxygen atoms in total. The normalized spacial score (nSPS) is 15.6. The Balaban J connectivity index is 2.14. The van der Waals surface area contributed by atoms with Gasteiger partial charge in [0.2, 0.25) is 0 Å². The minimum absolute atomic E-state index is 0.443. The van der Waals surface area contributed by atoms with Crippen molar-refractivity contribution in [3.8, 4) is 0 Å². The summed E-state index contributed by atoms with van der Waals surface area (Å²) < 4.78 is 0. The van der Waals surface area contributed by atoms with Gasteiger partial charge in [0.1, 0.15) is 0 Å². The Morgan fingerprint density at radius 2 is 2.18 bits per heavy atom. The van der Waals surface area contributed by atoms with Crippen molar-refractivity contribution in [1.82, 2.24) is 5.32 Å². The van der Waals surface area contributed by atoms with Crippen LogP contribution in [0.5, 0.6) is 0 Å². The fourth-order valence-corrected chi connectivity index (χ4v) is 2.63. The second-order valence-corrected chi connectivity index (χ2v) is 4.91. The highest BCUT2D eigenvalue weighted by atomic mass is 14.9. The van der Waals surface area contributed by atoms with E-state index in [2.05, 4.69) is 37.0 Å². The highest BCUT2D eigenvalue weighted by Gasteiger charge is 2.14. The number of hydrogen-bond donors (Lipinski definition) is 1. The quantitative estimate of drug-likeness (QED) is 0.732. The van der Waals surface area contributed by atoms with E-state index < -0.39 is 0 Å². The average molecular weight is 229 g/mol. The SMILES string of the molecule is C=CCC(NCCC)c1ccc2c(c1)CCC2. The summed E-state index contributed by atoms with van der Waals surface area (Å²) in [5.74, 6) is 0. The Morgan fingerprint density at radius 1 is 1.35 bits per heavy atom. The molecule has 0 heterocycles. The van der Waals surface area contributed by atoms with E-state index in [9.17, 15) is 0 Å². The maximum atomic E-state index is 3.87. The van der Waals surface area contributed by atoms with Gasteiger partial charge in [0, 0.05) is 6.04 Å². The van der Waals surface area contributed by atoms with E-state index in [1.165, 1.54) is 31.2 Å². The first kappa shape index (κ1) is 12.4. The molecule has 0 saturated heterocycles.